The second kappa shape index (κ2) is 5.83. The van der Waals surface area contributed by atoms with Crippen molar-refractivity contribution >= 4 is 16.5 Å². The molecule has 1 atom stereocenters. The zero-order valence-electron chi connectivity index (χ0n) is 11.1. The molecule has 1 aliphatic rings. The SMILES string of the molecule is CCCC(C)N(C)c1ncc(CNC2CC2)s1. The molecule has 0 bridgehead atoms. The van der Waals surface area contributed by atoms with Gasteiger partial charge in [-0.2, -0.15) is 0 Å². The number of rotatable bonds is 7. The number of aromatic nitrogens is 1. The van der Waals surface area contributed by atoms with Crippen molar-refractivity contribution in [3.05, 3.63) is 11.1 Å². The molecule has 0 aromatic carbocycles. The van der Waals surface area contributed by atoms with Gasteiger partial charge >= 0.3 is 0 Å². The monoisotopic (exact) mass is 253 g/mol. The van der Waals surface area contributed by atoms with Gasteiger partial charge in [0.1, 0.15) is 0 Å². The molecule has 1 aromatic rings. The Hall–Kier alpha value is -0.610. The Kier molecular flexibility index (Phi) is 4.40. The number of anilines is 1. The van der Waals surface area contributed by atoms with Crippen molar-refractivity contribution in [3.8, 4) is 0 Å². The molecule has 1 unspecified atom stereocenters. The third-order valence-corrected chi connectivity index (χ3v) is 4.44. The first-order chi connectivity index (χ1) is 8.20. The number of thiazole rings is 1. The van der Waals surface area contributed by atoms with E-state index in [9.17, 15) is 0 Å². The highest BCUT2D eigenvalue weighted by Crippen LogP contribution is 2.25. The maximum Gasteiger partial charge on any atom is 0.185 e. The second-order valence-electron chi connectivity index (χ2n) is 5.01. The molecular weight excluding hydrogens is 230 g/mol. The summed E-state index contributed by atoms with van der Waals surface area (Å²) in [6.45, 7) is 5.49. The normalized spacial score (nSPS) is 17.1. The number of hydrogen-bond donors (Lipinski definition) is 1. The molecule has 1 heterocycles. The molecule has 0 amide bonds. The van der Waals surface area contributed by atoms with Gasteiger partial charge in [-0.3, -0.25) is 0 Å². The minimum absolute atomic E-state index is 0.579. The fourth-order valence-electron chi connectivity index (χ4n) is 1.87. The average Bonchev–Trinajstić information content (AvgIpc) is 3.03. The Morgan fingerprint density at radius 1 is 1.59 bits per heavy atom. The van der Waals surface area contributed by atoms with Gasteiger partial charge in [-0.05, 0) is 26.2 Å². The number of nitrogens with zero attached hydrogens (tertiary/aromatic N) is 2. The zero-order chi connectivity index (χ0) is 12.3. The molecule has 0 radical (unpaired) electrons. The predicted molar refractivity (Wildman–Crippen MR) is 74.7 cm³/mol. The van der Waals surface area contributed by atoms with Gasteiger partial charge in [0.05, 0.1) is 0 Å². The minimum Gasteiger partial charge on any atom is -0.348 e. The van der Waals surface area contributed by atoms with Crippen LogP contribution in [-0.2, 0) is 6.54 Å². The van der Waals surface area contributed by atoms with Gasteiger partial charge < -0.3 is 10.2 Å². The topological polar surface area (TPSA) is 28.2 Å². The summed E-state index contributed by atoms with van der Waals surface area (Å²) >= 11 is 1.82. The molecule has 96 valence electrons. The summed E-state index contributed by atoms with van der Waals surface area (Å²) in [5.74, 6) is 0. The third kappa shape index (κ3) is 3.68. The molecule has 4 heteroatoms. The highest BCUT2D eigenvalue weighted by Gasteiger charge is 2.20. The van der Waals surface area contributed by atoms with Crippen LogP contribution in [0.25, 0.3) is 0 Å². The molecule has 1 aliphatic carbocycles. The van der Waals surface area contributed by atoms with E-state index in [0.717, 1.165) is 17.7 Å². The lowest BCUT2D eigenvalue weighted by Crippen LogP contribution is -2.28. The fourth-order valence-corrected chi connectivity index (χ4v) is 2.80. The maximum absolute atomic E-state index is 4.52. The molecule has 17 heavy (non-hydrogen) atoms. The third-order valence-electron chi connectivity index (χ3n) is 3.35. The molecule has 1 saturated carbocycles. The van der Waals surface area contributed by atoms with Gasteiger partial charge in [-0.25, -0.2) is 4.98 Å². The van der Waals surface area contributed by atoms with Crippen molar-refractivity contribution in [3.63, 3.8) is 0 Å². The molecule has 1 aromatic heterocycles. The van der Waals surface area contributed by atoms with Crippen molar-refractivity contribution in [2.75, 3.05) is 11.9 Å². The Labute approximate surface area is 108 Å². The smallest absolute Gasteiger partial charge is 0.185 e. The Morgan fingerprint density at radius 3 is 3.00 bits per heavy atom. The Morgan fingerprint density at radius 2 is 2.35 bits per heavy atom. The molecular formula is C13H23N3S. The van der Waals surface area contributed by atoms with Crippen molar-refractivity contribution in [1.29, 1.82) is 0 Å². The quantitative estimate of drug-likeness (QED) is 0.809. The zero-order valence-corrected chi connectivity index (χ0v) is 11.9. The fraction of sp³-hybridized carbons (Fsp3) is 0.769. The average molecular weight is 253 g/mol. The standard InChI is InChI=1S/C13H23N3S/c1-4-5-10(2)16(3)13-15-9-12(17-13)8-14-11-6-7-11/h9-11,14H,4-8H2,1-3H3. The summed E-state index contributed by atoms with van der Waals surface area (Å²) in [4.78, 5) is 8.17. The van der Waals surface area contributed by atoms with Gasteiger partial charge in [-0.1, -0.05) is 13.3 Å². The minimum atomic E-state index is 0.579. The summed E-state index contributed by atoms with van der Waals surface area (Å²) in [6.07, 6.45) is 7.17. The molecule has 1 fully saturated rings. The highest BCUT2D eigenvalue weighted by atomic mass is 32.1. The van der Waals surface area contributed by atoms with E-state index < -0.39 is 0 Å². The van der Waals surface area contributed by atoms with Crippen molar-refractivity contribution in [2.45, 2.75) is 58.2 Å². The van der Waals surface area contributed by atoms with Crippen LogP contribution in [0.15, 0.2) is 6.20 Å². The van der Waals surface area contributed by atoms with E-state index in [1.165, 1.54) is 30.6 Å². The van der Waals surface area contributed by atoms with Crippen LogP contribution in [0.4, 0.5) is 5.13 Å². The van der Waals surface area contributed by atoms with Gasteiger partial charge in [0.15, 0.2) is 5.13 Å². The van der Waals surface area contributed by atoms with E-state index in [2.05, 4.69) is 36.1 Å². The van der Waals surface area contributed by atoms with Crippen LogP contribution < -0.4 is 10.2 Å². The van der Waals surface area contributed by atoms with E-state index in [1.807, 2.05) is 17.5 Å². The van der Waals surface area contributed by atoms with Crippen LogP contribution in [0.5, 0.6) is 0 Å². The van der Waals surface area contributed by atoms with Crippen molar-refractivity contribution < 1.29 is 0 Å². The number of hydrogen-bond acceptors (Lipinski definition) is 4. The molecule has 2 rings (SSSR count). The van der Waals surface area contributed by atoms with E-state index in [1.54, 1.807) is 0 Å². The summed E-state index contributed by atoms with van der Waals surface area (Å²) in [5, 5.41) is 4.68. The summed E-state index contributed by atoms with van der Waals surface area (Å²) in [5.41, 5.74) is 0. The Balaban J connectivity index is 1.86. The predicted octanol–water partition coefficient (Wildman–Crippen LogP) is 3.02. The molecule has 0 aliphatic heterocycles. The van der Waals surface area contributed by atoms with Gasteiger partial charge in [0.2, 0.25) is 0 Å². The first kappa shape index (κ1) is 12.8. The van der Waals surface area contributed by atoms with Crippen molar-refractivity contribution in [2.24, 2.45) is 0 Å². The van der Waals surface area contributed by atoms with Crippen molar-refractivity contribution in [1.82, 2.24) is 10.3 Å². The molecule has 1 N–H and O–H groups in total. The van der Waals surface area contributed by atoms with Crippen LogP contribution in [0, 0.1) is 0 Å². The molecule has 3 nitrogen and oxygen atoms in total. The largest absolute Gasteiger partial charge is 0.348 e. The lowest BCUT2D eigenvalue weighted by atomic mass is 10.2. The van der Waals surface area contributed by atoms with Crippen LogP contribution in [-0.4, -0.2) is 24.1 Å². The summed E-state index contributed by atoms with van der Waals surface area (Å²) in [7, 11) is 2.15. The van der Waals surface area contributed by atoms with E-state index in [4.69, 9.17) is 0 Å². The van der Waals surface area contributed by atoms with E-state index >= 15 is 0 Å². The van der Waals surface area contributed by atoms with Crippen LogP contribution >= 0.6 is 11.3 Å². The Bertz CT molecular complexity index is 346. The highest BCUT2D eigenvalue weighted by molar-refractivity contribution is 7.15. The first-order valence-electron chi connectivity index (χ1n) is 6.61. The summed E-state index contributed by atoms with van der Waals surface area (Å²) in [6, 6.07) is 1.35. The molecule has 0 saturated heterocycles. The van der Waals surface area contributed by atoms with Crippen LogP contribution in [0.1, 0.15) is 44.4 Å². The first-order valence-corrected chi connectivity index (χ1v) is 7.43. The van der Waals surface area contributed by atoms with Gasteiger partial charge in [0.25, 0.3) is 0 Å². The maximum atomic E-state index is 4.52. The molecule has 0 spiro atoms. The van der Waals surface area contributed by atoms with Crippen LogP contribution in [0.3, 0.4) is 0 Å². The lowest BCUT2D eigenvalue weighted by Gasteiger charge is -2.23. The summed E-state index contributed by atoms with van der Waals surface area (Å²) < 4.78 is 0. The lowest BCUT2D eigenvalue weighted by molar-refractivity contribution is 0.615. The van der Waals surface area contributed by atoms with E-state index in [-0.39, 0.29) is 0 Å². The number of nitrogens with one attached hydrogen (secondary N) is 1. The van der Waals surface area contributed by atoms with Gasteiger partial charge in [-0.15, -0.1) is 11.3 Å². The van der Waals surface area contributed by atoms with Crippen LogP contribution in [0.2, 0.25) is 0 Å². The van der Waals surface area contributed by atoms with E-state index in [0.29, 0.717) is 6.04 Å². The van der Waals surface area contributed by atoms with Gasteiger partial charge in [0, 0.05) is 36.8 Å². The second-order valence-corrected chi connectivity index (χ2v) is 6.11.